The summed E-state index contributed by atoms with van der Waals surface area (Å²) in [6.07, 6.45) is 2.46. The Bertz CT molecular complexity index is 156. The Labute approximate surface area is 94.2 Å². The third-order valence-electron chi connectivity index (χ3n) is 3.30. The zero-order valence-corrected chi connectivity index (χ0v) is 10.5. The van der Waals surface area contributed by atoms with Gasteiger partial charge in [-0.05, 0) is 46.2 Å². The molecule has 1 heterocycles. The number of rotatable bonds is 6. The molecule has 1 N–H and O–H groups in total. The first-order valence-electron chi connectivity index (χ1n) is 6.19. The highest BCUT2D eigenvalue weighted by atomic mass is 16.5. The Balaban J connectivity index is 1.96. The van der Waals surface area contributed by atoms with Crippen LogP contribution in [0, 0.1) is 5.92 Å². The summed E-state index contributed by atoms with van der Waals surface area (Å²) in [6.45, 7) is 9.79. The topological polar surface area (TPSA) is 24.5 Å². The summed E-state index contributed by atoms with van der Waals surface area (Å²) in [6, 6.07) is 0.648. The van der Waals surface area contributed by atoms with Gasteiger partial charge >= 0.3 is 0 Å². The molecule has 3 heteroatoms. The molecule has 1 aliphatic heterocycles. The van der Waals surface area contributed by atoms with Gasteiger partial charge < -0.3 is 15.0 Å². The van der Waals surface area contributed by atoms with Gasteiger partial charge in [0.15, 0.2) is 0 Å². The fraction of sp³-hybridized carbons (Fsp3) is 1.00. The van der Waals surface area contributed by atoms with Crippen LogP contribution in [0.3, 0.4) is 0 Å². The summed E-state index contributed by atoms with van der Waals surface area (Å²) < 4.78 is 5.34. The van der Waals surface area contributed by atoms with E-state index in [1.807, 2.05) is 0 Å². The van der Waals surface area contributed by atoms with Crippen molar-refractivity contribution >= 4 is 0 Å². The van der Waals surface area contributed by atoms with E-state index in [0.29, 0.717) is 6.04 Å². The van der Waals surface area contributed by atoms with E-state index < -0.39 is 0 Å². The van der Waals surface area contributed by atoms with Gasteiger partial charge in [0, 0.05) is 32.3 Å². The number of likely N-dealkylation sites (N-methyl/N-ethyl adjacent to an activating group) is 1. The fourth-order valence-corrected chi connectivity index (χ4v) is 1.77. The summed E-state index contributed by atoms with van der Waals surface area (Å²) in [7, 11) is 2.18. The van der Waals surface area contributed by atoms with Crippen molar-refractivity contribution in [2.45, 2.75) is 32.7 Å². The van der Waals surface area contributed by atoms with Gasteiger partial charge in [-0.1, -0.05) is 0 Å². The highest BCUT2D eigenvalue weighted by Gasteiger charge is 2.12. The second kappa shape index (κ2) is 7.20. The molecular formula is C12H26N2O. The van der Waals surface area contributed by atoms with Gasteiger partial charge in [0.1, 0.15) is 0 Å². The monoisotopic (exact) mass is 214 g/mol. The minimum atomic E-state index is 0.648. The molecule has 90 valence electrons. The SMILES string of the molecule is CC(C)N(C)CCNCC1CCOCC1. The van der Waals surface area contributed by atoms with E-state index in [9.17, 15) is 0 Å². The second-order valence-electron chi connectivity index (χ2n) is 4.83. The summed E-state index contributed by atoms with van der Waals surface area (Å²) in [5, 5.41) is 3.54. The highest BCUT2D eigenvalue weighted by molar-refractivity contribution is 4.67. The van der Waals surface area contributed by atoms with Gasteiger partial charge in [-0.3, -0.25) is 0 Å². The third kappa shape index (κ3) is 5.50. The molecule has 1 fully saturated rings. The maximum absolute atomic E-state index is 5.34. The number of hydrogen-bond acceptors (Lipinski definition) is 3. The van der Waals surface area contributed by atoms with Crippen LogP contribution in [0.4, 0.5) is 0 Å². The predicted octanol–water partition coefficient (Wildman–Crippen LogP) is 1.34. The van der Waals surface area contributed by atoms with Crippen LogP contribution in [-0.4, -0.2) is 50.8 Å². The molecule has 0 radical (unpaired) electrons. The molecule has 0 aliphatic carbocycles. The van der Waals surface area contributed by atoms with Crippen molar-refractivity contribution in [2.75, 3.05) is 39.9 Å². The summed E-state index contributed by atoms with van der Waals surface area (Å²) in [5.41, 5.74) is 0. The van der Waals surface area contributed by atoms with Gasteiger partial charge in [0.2, 0.25) is 0 Å². The normalized spacial score (nSPS) is 19.0. The first-order valence-corrected chi connectivity index (χ1v) is 6.19. The van der Waals surface area contributed by atoms with E-state index in [2.05, 4.69) is 31.1 Å². The lowest BCUT2D eigenvalue weighted by atomic mass is 10.0. The van der Waals surface area contributed by atoms with Crippen molar-refractivity contribution in [3.8, 4) is 0 Å². The van der Waals surface area contributed by atoms with E-state index in [1.54, 1.807) is 0 Å². The first kappa shape index (κ1) is 12.9. The van der Waals surface area contributed by atoms with Crippen molar-refractivity contribution in [3.05, 3.63) is 0 Å². The Morgan fingerprint density at radius 3 is 2.60 bits per heavy atom. The van der Waals surface area contributed by atoms with Gasteiger partial charge in [0.25, 0.3) is 0 Å². The molecule has 0 aromatic heterocycles. The van der Waals surface area contributed by atoms with Gasteiger partial charge in [0.05, 0.1) is 0 Å². The van der Waals surface area contributed by atoms with E-state index in [0.717, 1.165) is 38.8 Å². The summed E-state index contributed by atoms with van der Waals surface area (Å²) in [5.74, 6) is 0.836. The molecule has 15 heavy (non-hydrogen) atoms. The van der Waals surface area contributed by atoms with E-state index in [4.69, 9.17) is 4.74 Å². The van der Waals surface area contributed by atoms with Gasteiger partial charge in [-0.25, -0.2) is 0 Å². The molecule has 0 bridgehead atoms. The van der Waals surface area contributed by atoms with Crippen molar-refractivity contribution in [2.24, 2.45) is 5.92 Å². The fourth-order valence-electron chi connectivity index (χ4n) is 1.77. The average Bonchev–Trinajstić information content (AvgIpc) is 2.25. The largest absolute Gasteiger partial charge is 0.381 e. The Morgan fingerprint density at radius 2 is 2.00 bits per heavy atom. The first-order chi connectivity index (χ1) is 7.20. The van der Waals surface area contributed by atoms with Crippen LogP contribution < -0.4 is 5.32 Å². The molecule has 0 aromatic rings. The number of hydrogen-bond donors (Lipinski definition) is 1. The van der Waals surface area contributed by atoms with Gasteiger partial charge in [-0.2, -0.15) is 0 Å². The number of nitrogens with zero attached hydrogens (tertiary/aromatic N) is 1. The average molecular weight is 214 g/mol. The maximum atomic E-state index is 5.34. The minimum absolute atomic E-state index is 0.648. The highest BCUT2D eigenvalue weighted by Crippen LogP contribution is 2.12. The molecule has 1 rings (SSSR count). The van der Waals surface area contributed by atoms with Crippen molar-refractivity contribution in [1.29, 1.82) is 0 Å². The number of nitrogens with one attached hydrogen (secondary N) is 1. The van der Waals surface area contributed by atoms with Crippen molar-refractivity contribution < 1.29 is 4.74 Å². The van der Waals surface area contributed by atoms with Crippen LogP contribution in [0.1, 0.15) is 26.7 Å². The second-order valence-corrected chi connectivity index (χ2v) is 4.83. The lowest BCUT2D eigenvalue weighted by Crippen LogP contribution is -2.36. The summed E-state index contributed by atoms with van der Waals surface area (Å²) in [4.78, 5) is 2.37. The van der Waals surface area contributed by atoms with Crippen LogP contribution in [-0.2, 0) is 4.74 Å². The molecule has 1 saturated heterocycles. The third-order valence-corrected chi connectivity index (χ3v) is 3.30. The van der Waals surface area contributed by atoms with Crippen LogP contribution in [0.15, 0.2) is 0 Å². The Kier molecular flexibility index (Phi) is 6.22. The molecule has 0 atom stereocenters. The van der Waals surface area contributed by atoms with E-state index in [1.165, 1.54) is 12.8 Å². The Morgan fingerprint density at radius 1 is 1.33 bits per heavy atom. The van der Waals surface area contributed by atoms with Crippen molar-refractivity contribution in [1.82, 2.24) is 10.2 Å². The lowest BCUT2D eigenvalue weighted by molar-refractivity contribution is 0.0661. The summed E-state index contributed by atoms with van der Waals surface area (Å²) >= 11 is 0. The van der Waals surface area contributed by atoms with Crippen molar-refractivity contribution in [3.63, 3.8) is 0 Å². The van der Waals surface area contributed by atoms with Crippen LogP contribution in [0.2, 0.25) is 0 Å². The van der Waals surface area contributed by atoms with E-state index >= 15 is 0 Å². The molecule has 3 nitrogen and oxygen atoms in total. The van der Waals surface area contributed by atoms with Crippen LogP contribution in [0.25, 0.3) is 0 Å². The molecular weight excluding hydrogens is 188 g/mol. The Hall–Kier alpha value is -0.120. The van der Waals surface area contributed by atoms with Crippen LogP contribution in [0.5, 0.6) is 0 Å². The number of ether oxygens (including phenoxy) is 1. The lowest BCUT2D eigenvalue weighted by Gasteiger charge is -2.24. The van der Waals surface area contributed by atoms with Crippen LogP contribution >= 0.6 is 0 Å². The zero-order valence-electron chi connectivity index (χ0n) is 10.5. The zero-order chi connectivity index (χ0) is 11.1. The molecule has 1 aliphatic rings. The van der Waals surface area contributed by atoms with E-state index in [-0.39, 0.29) is 0 Å². The maximum Gasteiger partial charge on any atom is 0.0469 e. The molecule has 0 amide bonds. The smallest absolute Gasteiger partial charge is 0.0469 e. The molecule has 0 unspecified atom stereocenters. The van der Waals surface area contributed by atoms with Gasteiger partial charge in [-0.15, -0.1) is 0 Å². The standard InChI is InChI=1S/C12H26N2O/c1-11(2)14(3)7-6-13-10-12-4-8-15-9-5-12/h11-13H,4-10H2,1-3H3. The minimum Gasteiger partial charge on any atom is -0.381 e. The molecule has 0 saturated carbocycles. The molecule has 0 spiro atoms. The molecule has 0 aromatic carbocycles. The predicted molar refractivity (Wildman–Crippen MR) is 64.2 cm³/mol. The quantitative estimate of drug-likeness (QED) is 0.675.